The number of nitrogens with zero attached hydrogens (tertiary/aromatic N) is 1. The van der Waals surface area contributed by atoms with E-state index in [0.29, 0.717) is 5.92 Å². The topological polar surface area (TPSA) is 89.7 Å². The van der Waals surface area contributed by atoms with Crippen molar-refractivity contribution in [1.82, 2.24) is 0 Å². The van der Waals surface area contributed by atoms with Crippen molar-refractivity contribution in [2.75, 3.05) is 0 Å². The van der Waals surface area contributed by atoms with Gasteiger partial charge in [0.2, 0.25) is 0 Å². The van der Waals surface area contributed by atoms with Crippen LogP contribution in [-0.4, -0.2) is 22.1 Å². The van der Waals surface area contributed by atoms with E-state index in [2.05, 4.69) is 6.92 Å². The number of rotatable bonds is 4. The highest BCUT2D eigenvalue weighted by Gasteiger charge is 2.26. The zero-order valence-electron chi connectivity index (χ0n) is 11.5. The van der Waals surface area contributed by atoms with E-state index < -0.39 is 10.9 Å². The number of ether oxygens (including phenoxy) is 1. The molecule has 2 rings (SSSR count). The summed E-state index contributed by atoms with van der Waals surface area (Å²) in [6.45, 7) is 2.12. The van der Waals surface area contributed by atoms with Gasteiger partial charge in [0.15, 0.2) is 5.75 Å². The highest BCUT2D eigenvalue weighted by molar-refractivity contribution is 6.32. The Morgan fingerprint density at radius 3 is 2.76 bits per heavy atom. The fourth-order valence-electron chi connectivity index (χ4n) is 2.62. The van der Waals surface area contributed by atoms with Crippen molar-refractivity contribution in [3.63, 3.8) is 0 Å². The van der Waals surface area contributed by atoms with Gasteiger partial charge in [0.05, 0.1) is 16.0 Å². The van der Waals surface area contributed by atoms with E-state index in [-0.39, 0.29) is 28.1 Å². The first kappa shape index (κ1) is 15.6. The van der Waals surface area contributed by atoms with Crippen LogP contribution in [0.25, 0.3) is 0 Å². The normalized spacial score (nSPS) is 21.8. The molecule has 114 valence electrons. The van der Waals surface area contributed by atoms with E-state index in [0.717, 1.165) is 37.8 Å². The van der Waals surface area contributed by atoms with E-state index in [9.17, 15) is 20.0 Å². The monoisotopic (exact) mass is 313 g/mol. The van der Waals surface area contributed by atoms with Gasteiger partial charge in [0, 0.05) is 12.1 Å². The van der Waals surface area contributed by atoms with Gasteiger partial charge in [-0.05, 0) is 25.2 Å². The molecule has 7 heteroatoms. The fraction of sp³-hybridized carbons (Fsp3) is 0.500. The Morgan fingerprint density at radius 2 is 2.19 bits per heavy atom. The summed E-state index contributed by atoms with van der Waals surface area (Å²) in [6, 6.07) is 2.10. The minimum atomic E-state index is -1.29. The Labute approximate surface area is 126 Å². The quantitative estimate of drug-likeness (QED) is 0.672. The Morgan fingerprint density at radius 1 is 1.48 bits per heavy atom. The third-order valence-electron chi connectivity index (χ3n) is 3.64. The number of benzene rings is 1. The second kappa shape index (κ2) is 6.30. The minimum Gasteiger partial charge on any atom is -0.488 e. The van der Waals surface area contributed by atoms with Crippen LogP contribution < -0.4 is 4.74 Å². The molecule has 0 radical (unpaired) electrons. The number of non-ortho nitro benzene ring substituents is 1. The zero-order chi connectivity index (χ0) is 15.6. The van der Waals surface area contributed by atoms with Gasteiger partial charge in [-0.25, -0.2) is 4.79 Å². The maximum atomic E-state index is 11.3. The largest absolute Gasteiger partial charge is 0.488 e. The number of nitro benzene ring substituents is 1. The third kappa shape index (κ3) is 3.64. The van der Waals surface area contributed by atoms with E-state index in [4.69, 9.17) is 16.3 Å². The first-order chi connectivity index (χ1) is 9.88. The molecule has 1 fully saturated rings. The molecular formula is C14H16ClNO5. The molecule has 0 aliphatic heterocycles. The van der Waals surface area contributed by atoms with Crippen LogP contribution in [0, 0.1) is 16.0 Å². The van der Waals surface area contributed by atoms with Crippen molar-refractivity contribution in [2.45, 2.75) is 38.7 Å². The van der Waals surface area contributed by atoms with Crippen LogP contribution in [-0.2, 0) is 0 Å². The highest BCUT2D eigenvalue weighted by atomic mass is 35.5. The van der Waals surface area contributed by atoms with Crippen molar-refractivity contribution in [1.29, 1.82) is 0 Å². The van der Waals surface area contributed by atoms with Crippen LogP contribution in [0.5, 0.6) is 5.75 Å². The second-order valence-corrected chi connectivity index (χ2v) is 5.79. The van der Waals surface area contributed by atoms with Gasteiger partial charge in [0.1, 0.15) is 5.56 Å². The maximum absolute atomic E-state index is 11.3. The molecule has 0 bridgehead atoms. The van der Waals surface area contributed by atoms with Crippen LogP contribution >= 0.6 is 11.6 Å². The third-order valence-corrected chi connectivity index (χ3v) is 3.92. The summed E-state index contributed by atoms with van der Waals surface area (Å²) in [5.41, 5.74) is -0.630. The highest BCUT2D eigenvalue weighted by Crippen LogP contribution is 2.36. The molecule has 0 saturated heterocycles. The van der Waals surface area contributed by atoms with Gasteiger partial charge in [-0.1, -0.05) is 24.9 Å². The standard InChI is InChI=1S/C14H16ClNO5/c1-8-3-2-4-10(5-8)21-13-11(14(17)18)6-9(16(19)20)7-12(13)15/h6-8,10H,2-5H2,1H3,(H,17,18). The van der Waals surface area contributed by atoms with Gasteiger partial charge in [-0.3, -0.25) is 10.1 Å². The van der Waals surface area contributed by atoms with Crippen LogP contribution in [0.15, 0.2) is 12.1 Å². The number of carboxylic acids is 1. The lowest BCUT2D eigenvalue weighted by Crippen LogP contribution is -2.25. The number of hydrogen-bond acceptors (Lipinski definition) is 4. The molecule has 2 atom stereocenters. The predicted octanol–water partition coefficient (Wildman–Crippen LogP) is 3.90. The molecule has 0 amide bonds. The Bertz CT molecular complexity index is 575. The fourth-order valence-corrected chi connectivity index (χ4v) is 2.87. The summed E-state index contributed by atoms with van der Waals surface area (Å²) in [5.74, 6) is -0.762. The number of hydrogen-bond donors (Lipinski definition) is 1. The molecule has 2 unspecified atom stereocenters. The second-order valence-electron chi connectivity index (χ2n) is 5.38. The Kier molecular flexibility index (Phi) is 4.67. The number of halogens is 1. The zero-order valence-corrected chi connectivity index (χ0v) is 12.3. The van der Waals surface area contributed by atoms with Crippen molar-refractivity contribution in [3.05, 3.63) is 32.8 Å². The number of carboxylic acid groups (broad SMARTS) is 1. The van der Waals surface area contributed by atoms with Gasteiger partial charge < -0.3 is 9.84 Å². The van der Waals surface area contributed by atoms with Crippen molar-refractivity contribution in [3.8, 4) is 5.75 Å². The van der Waals surface area contributed by atoms with E-state index in [1.807, 2.05) is 0 Å². The molecule has 0 heterocycles. The Balaban J connectivity index is 2.33. The van der Waals surface area contributed by atoms with Crippen LogP contribution in [0.1, 0.15) is 43.0 Å². The van der Waals surface area contributed by atoms with Crippen molar-refractivity contribution in [2.24, 2.45) is 5.92 Å². The number of aromatic carboxylic acids is 1. The van der Waals surface area contributed by atoms with Crippen LogP contribution in [0.4, 0.5) is 5.69 Å². The molecule has 21 heavy (non-hydrogen) atoms. The molecule has 0 spiro atoms. The minimum absolute atomic E-state index is 0.0221. The molecule has 6 nitrogen and oxygen atoms in total. The van der Waals surface area contributed by atoms with Gasteiger partial charge in [-0.15, -0.1) is 0 Å². The lowest BCUT2D eigenvalue weighted by molar-refractivity contribution is -0.384. The van der Waals surface area contributed by atoms with E-state index >= 15 is 0 Å². The molecule has 1 aromatic carbocycles. The summed E-state index contributed by atoms with van der Waals surface area (Å²) in [5, 5.41) is 20.0. The van der Waals surface area contributed by atoms with Crippen molar-refractivity contribution >= 4 is 23.3 Å². The first-order valence-electron chi connectivity index (χ1n) is 6.76. The number of carbonyl (C=O) groups is 1. The van der Waals surface area contributed by atoms with E-state index in [1.54, 1.807) is 0 Å². The first-order valence-corrected chi connectivity index (χ1v) is 7.14. The van der Waals surface area contributed by atoms with Crippen LogP contribution in [0.2, 0.25) is 5.02 Å². The average molecular weight is 314 g/mol. The molecule has 1 aliphatic carbocycles. The molecule has 1 aromatic rings. The molecule has 1 saturated carbocycles. The summed E-state index contributed by atoms with van der Waals surface area (Å²) in [7, 11) is 0. The van der Waals surface area contributed by atoms with Crippen LogP contribution in [0.3, 0.4) is 0 Å². The lowest BCUT2D eigenvalue weighted by atomic mass is 9.88. The number of nitro groups is 1. The SMILES string of the molecule is CC1CCCC(Oc2c(Cl)cc([N+](=O)[O-])cc2C(=O)O)C1. The average Bonchev–Trinajstić information content (AvgIpc) is 2.40. The predicted molar refractivity (Wildman–Crippen MR) is 77.1 cm³/mol. The van der Waals surface area contributed by atoms with Gasteiger partial charge in [-0.2, -0.15) is 0 Å². The molecular weight excluding hydrogens is 298 g/mol. The summed E-state index contributed by atoms with van der Waals surface area (Å²) in [6.07, 6.45) is 3.69. The molecule has 0 aromatic heterocycles. The van der Waals surface area contributed by atoms with E-state index in [1.165, 1.54) is 0 Å². The lowest BCUT2D eigenvalue weighted by Gasteiger charge is -2.28. The van der Waals surface area contributed by atoms with Gasteiger partial charge in [0.25, 0.3) is 5.69 Å². The Hall–Kier alpha value is -1.82. The summed E-state index contributed by atoms with van der Waals surface area (Å²) < 4.78 is 5.75. The molecule has 1 aliphatic rings. The summed E-state index contributed by atoms with van der Waals surface area (Å²) in [4.78, 5) is 21.4. The van der Waals surface area contributed by atoms with Gasteiger partial charge >= 0.3 is 5.97 Å². The smallest absolute Gasteiger partial charge is 0.339 e. The molecule has 1 N–H and O–H groups in total. The maximum Gasteiger partial charge on any atom is 0.339 e. The van der Waals surface area contributed by atoms with Crippen molar-refractivity contribution < 1.29 is 19.6 Å². The summed E-state index contributed by atoms with van der Waals surface area (Å²) >= 11 is 5.99.